The summed E-state index contributed by atoms with van der Waals surface area (Å²) >= 11 is 0. The minimum absolute atomic E-state index is 0.100. The van der Waals surface area contributed by atoms with E-state index in [4.69, 9.17) is 4.74 Å². The van der Waals surface area contributed by atoms with Gasteiger partial charge in [-0.15, -0.1) is 0 Å². The third-order valence-corrected chi connectivity index (χ3v) is 2.25. The zero-order valence-corrected chi connectivity index (χ0v) is 10.6. The molecule has 0 heterocycles. The predicted octanol–water partition coefficient (Wildman–Crippen LogP) is 2.51. The Bertz CT molecular complexity index is 322. The van der Waals surface area contributed by atoms with Gasteiger partial charge in [0, 0.05) is 19.1 Å². The Morgan fingerprint density at radius 3 is 2.65 bits per heavy atom. The van der Waals surface area contributed by atoms with Crippen LogP contribution in [0.4, 0.5) is 0 Å². The van der Waals surface area contributed by atoms with Gasteiger partial charge in [-0.3, -0.25) is 4.79 Å². The van der Waals surface area contributed by atoms with Crippen molar-refractivity contribution in [2.75, 3.05) is 6.61 Å². The van der Waals surface area contributed by atoms with Gasteiger partial charge in [-0.25, -0.2) is 0 Å². The quantitative estimate of drug-likeness (QED) is 0.737. The second-order valence-electron chi connectivity index (χ2n) is 4.36. The number of rotatable bonds is 7. The van der Waals surface area contributed by atoms with Gasteiger partial charge in [0.25, 0.3) is 0 Å². The fourth-order valence-electron chi connectivity index (χ4n) is 1.49. The number of amides is 1. The summed E-state index contributed by atoms with van der Waals surface area (Å²) in [7, 11) is 0. The highest BCUT2D eigenvalue weighted by molar-refractivity contribution is 5.76. The zero-order valence-electron chi connectivity index (χ0n) is 10.6. The second kappa shape index (κ2) is 7.85. The minimum Gasteiger partial charge on any atom is -0.377 e. The van der Waals surface area contributed by atoms with E-state index in [2.05, 4.69) is 5.32 Å². The molecule has 0 saturated carbocycles. The molecule has 3 heteroatoms. The largest absolute Gasteiger partial charge is 0.377 e. The Balaban J connectivity index is 2.03. The average molecular weight is 235 g/mol. The van der Waals surface area contributed by atoms with E-state index in [0.717, 1.165) is 6.42 Å². The van der Waals surface area contributed by atoms with Crippen LogP contribution in [0.25, 0.3) is 0 Å². The third-order valence-electron chi connectivity index (χ3n) is 2.25. The monoisotopic (exact) mass is 235 g/mol. The molecule has 0 aliphatic carbocycles. The van der Waals surface area contributed by atoms with Crippen LogP contribution in [0.15, 0.2) is 30.3 Å². The lowest BCUT2D eigenvalue weighted by atomic mass is 10.2. The van der Waals surface area contributed by atoms with Crippen LogP contribution in [-0.4, -0.2) is 18.6 Å². The summed E-state index contributed by atoms with van der Waals surface area (Å²) in [5, 5.41) is 2.86. The molecule has 0 bridgehead atoms. The van der Waals surface area contributed by atoms with Gasteiger partial charge < -0.3 is 10.1 Å². The number of carbonyl (C=O) groups is 1. The Morgan fingerprint density at radius 1 is 1.29 bits per heavy atom. The first-order valence-electron chi connectivity index (χ1n) is 6.09. The van der Waals surface area contributed by atoms with Crippen molar-refractivity contribution in [3.05, 3.63) is 35.9 Å². The molecule has 1 aromatic carbocycles. The highest BCUT2D eigenvalue weighted by Gasteiger charge is 2.02. The Kier molecular flexibility index (Phi) is 6.33. The summed E-state index contributed by atoms with van der Waals surface area (Å²) in [6.07, 6.45) is 1.30. The highest BCUT2D eigenvalue weighted by Crippen LogP contribution is 2.01. The van der Waals surface area contributed by atoms with E-state index in [1.165, 1.54) is 5.56 Å². The van der Waals surface area contributed by atoms with E-state index >= 15 is 0 Å². The van der Waals surface area contributed by atoms with Gasteiger partial charge in [-0.2, -0.15) is 0 Å². The van der Waals surface area contributed by atoms with Crippen LogP contribution in [0.2, 0.25) is 0 Å². The van der Waals surface area contributed by atoms with Gasteiger partial charge in [0.1, 0.15) is 0 Å². The topological polar surface area (TPSA) is 38.3 Å². The molecule has 1 rings (SSSR count). The molecule has 3 nitrogen and oxygen atoms in total. The smallest absolute Gasteiger partial charge is 0.220 e. The van der Waals surface area contributed by atoms with Gasteiger partial charge in [-0.05, 0) is 25.8 Å². The number of ether oxygens (including phenoxy) is 1. The lowest BCUT2D eigenvalue weighted by Gasteiger charge is -2.08. The predicted molar refractivity (Wildman–Crippen MR) is 68.6 cm³/mol. The molecule has 0 spiro atoms. The fraction of sp³-hybridized carbons (Fsp3) is 0.500. The number of carbonyl (C=O) groups excluding carboxylic acids is 1. The lowest BCUT2D eigenvalue weighted by molar-refractivity contribution is -0.121. The van der Waals surface area contributed by atoms with Crippen LogP contribution in [0, 0.1) is 0 Å². The van der Waals surface area contributed by atoms with E-state index in [0.29, 0.717) is 19.6 Å². The maximum atomic E-state index is 11.3. The van der Waals surface area contributed by atoms with E-state index in [1.807, 2.05) is 44.2 Å². The molecule has 1 N–H and O–H groups in total. The van der Waals surface area contributed by atoms with Crippen LogP contribution < -0.4 is 5.32 Å². The minimum atomic E-state index is 0.100. The number of hydrogen-bond donors (Lipinski definition) is 1. The lowest BCUT2D eigenvalue weighted by Crippen LogP contribution is -2.29. The average Bonchev–Trinajstić information content (AvgIpc) is 2.29. The van der Waals surface area contributed by atoms with Crippen LogP contribution in [0.5, 0.6) is 0 Å². The summed E-state index contributed by atoms with van der Waals surface area (Å²) in [6, 6.07) is 10.3. The van der Waals surface area contributed by atoms with Gasteiger partial charge in [0.15, 0.2) is 0 Å². The molecular formula is C14H21NO2. The van der Waals surface area contributed by atoms with Gasteiger partial charge in [-0.1, -0.05) is 30.3 Å². The van der Waals surface area contributed by atoms with Crippen molar-refractivity contribution >= 4 is 5.91 Å². The molecule has 0 aliphatic rings. The Labute approximate surface area is 103 Å². The van der Waals surface area contributed by atoms with E-state index in [9.17, 15) is 4.79 Å². The molecule has 0 unspecified atom stereocenters. The van der Waals surface area contributed by atoms with Gasteiger partial charge in [0.2, 0.25) is 5.91 Å². The normalized spacial score (nSPS) is 10.5. The molecular weight excluding hydrogens is 214 g/mol. The number of hydrogen-bond acceptors (Lipinski definition) is 2. The molecule has 0 aromatic heterocycles. The second-order valence-corrected chi connectivity index (χ2v) is 4.36. The molecule has 0 fully saturated rings. The Hall–Kier alpha value is -1.35. The maximum absolute atomic E-state index is 11.3. The van der Waals surface area contributed by atoms with E-state index < -0.39 is 0 Å². The first kappa shape index (κ1) is 13.7. The van der Waals surface area contributed by atoms with Crippen molar-refractivity contribution in [2.24, 2.45) is 0 Å². The number of benzene rings is 1. The van der Waals surface area contributed by atoms with E-state index in [1.54, 1.807) is 0 Å². The van der Waals surface area contributed by atoms with Crippen LogP contribution in [-0.2, 0) is 16.1 Å². The molecule has 1 amide bonds. The Morgan fingerprint density at radius 2 is 2.00 bits per heavy atom. The standard InChI is InChI=1S/C14H21NO2/c1-12(2)15-14(16)9-6-10-17-11-13-7-4-3-5-8-13/h3-5,7-8,12H,6,9-11H2,1-2H3,(H,15,16). The SMILES string of the molecule is CC(C)NC(=O)CCCOCc1ccccc1. The summed E-state index contributed by atoms with van der Waals surface area (Å²) in [6.45, 7) is 5.17. The fourth-order valence-corrected chi connectivity index (χ4v) is 1.49. The van der Waals surface area contributed by atoms with Crippen molar-refractivity contribution in [2.45, 2.75) is 39.3 Å². The van der Waals surface area contributed by atoms with E-state index in [-0.39, 0.29) is 11.9 Å². The van der Waals surface area contributed by atoms with Crippen molar-refractivity contribution in [3.8, 4) is 0 Å². The zero-order chi connectivity index (χ0) is 12.5. The molecule has 0 aliphatic heterocycles. The molecule has 1 aromatic rings. The maximum Gasteiger partial charge on any atom is 0.220 e. The molecule has 94 valence electrons. The van der Waals surface area contributed by atoms with Crippen LogP contribution in [0.1, 0.15) is 32.3 Å². The first-order chi connectivity index (χ1) is 8.18. The first-order valence-corrected chi connectivity index (χ1v) is 6.09. The van der Waals surface area contributed by atoms with Gasteiger partial charge in [0.05, 0.1) is 6.61 Å². The summed E-state index contributed by atoms with van der Waals surface area (Å²) in [5.74, 6) is 0.100. The highest BCUT2D eigenvalue weighted by atomic mass is 16.5. The van der Waals surface area contributed by atoms with Crippen LogP contribution >= 0.6 is 0 Å². The summed E-state index contributed by atoms with van der Waals surface area (Å²) in [4.78, 5) is 11.3. The summed E-state index contributed by atoms with van der Waals surface area (Å²) in [5.41, 5.74) is 1.17. The third kappa shape index (κ3) is 6.74. The van der Waals surface area contributed by atoms with Crippen molar-refractivity contribution in [3.63, 3.8) is 0 Å². The molecule has 17 heavy (non-hydrogen) atoms. The van der Waals surface area contributed by atoms with Crippen molar-refractivity contribution in [1.29, 1.82) is 0 Å². The molecule has 0 atom stereocenters. The molecule has 0 saturated heterocycles. The number of nitrogens with one attached hydrogen (secondary N) is 1. The molecule has 0 radical (unpaired) electrons. The van der Waals surface area contributed by atoms with Gasteiger partial charge >= 0.3 is 0 Å². The van der Waals surface area contributed by atoms with Crippen molar-refractivity contribution < 1.29 is 9.53 Å². The summed E-state index contributed by atoms with van der Waals surface area (Å²) < 4.78 is 5.50. The van der Waals surface area contributed by atoms with Crippen molar-refractivity contribution in [1.82, 2.24) is 5.32 Å². The van der Waals surface area contributed by atoms with Crippen LogP contribution in [0.3, 0.4) is 0 Å².